The van der Waals surface area contributed by atoms with Crippen LogP contribution in [0.2, 0.25) is 0 Å². The monoisotopic (exact) mass is 227 g/mol. The number of hydrogen-bond acceptors (Lipinski definition) is 4. The molecule has 0 aromatic heterocycles. The number of morpholine rings is 1. The Kier molecular flexibility index (Phi) is 5.49. The van der Waals surface area contributed by atoms with E-state index >= 15 is 0 Å². The van der Waals surface area contributed by atoms with Crippen molar-refractivity contribution in [3.05, 3.63) is 11.6 Å². The van der Waals surface area contributed by atoms with Crippen LogP contribution in [0.25, 0.3) is 0 Å². The molecule has 1 rings (SSSR count). The van der Waals surface area contributed by atoms with Gasteiger partial charge in [-0.1, -0.05) is 13.0 Å². The highest BCUT2D eigenvalue weighted by molar-refractivity contribution is 5.87. The zero-order valence-electron chi connectivity index (χ0n) is 10.4. The molecule has 92 valence electrons. The van der Waals surface area contributed by atoms with Crippen molar-refractivity contribution in [1.29, 1.82) is 0 Å². The molecule has 4 nitrogen and oxygen atoms in total. The molecule has 16 heavy (non-hydrogen) atoms. The van der Waals surface area contributed by atoms with E-state index in [-0.39, 0.29) is 5.97 Å². The Morgan fingerprint density at radius 1 is 1.62 bits per heavy atom. The fourth-order valence-corrected chi connectivity index (χ4v) is 1.80. The van der Waals surface area contributed by atoms with Gasteiger partial charge >= 0.3 is 5.97 Å². The van der Waals surface area contributed by atoms with E-state index in [1.807, 2.05) is 6.08 Å². The Hall–Kier alpha value is -0.870. The van der Waals surface area contributed by atoms with Gasteiger partial charge in [0.05, 0.1) is 20.3 Å². The number of carbonyl (C=O) groups is 1. The van der Waals surface area contributed by atoms with Gasteiger partial charge in [0.1, 0.15) is 0 Å². The summed E-state index contributed by atoms with van der Waals surface area (Å²) in [4.78, 5) is 13.5. The van der Waals surface area contributed by atoms with Crippen LogP contribution in [-0.4, -0.2) is 50.3 Å². The van der Waals surface area contributed by atoms with Crippen molar-refractivity contribution >= 4 is 5.97 Å². The first kappa shape index (κ1) is 13.2. The Bertz CT molecular complexity index is 263. The molecule has 0 aliphatic carbocycles. The lowest BCUT2D eigenvalue weighted by molar-refractivity contribution is -0.136. The van der Waals surface area contributed by atoms with Crippen LogP contribution in [0.5, 0.6) is 0 Å². The van der Waals surface area contributed by atoms with E-state index in [1.54, 1.807) is 6.92 Å². The highest BCUT2D eigenvalue weighted by atomic mass is 16.5. The Morgan fingerprint density at radius 2 is 2.38 bits per heavy atom. The number of carbonyl (C=O) groups excluding carboxylic acids is 1. The summed E-state index contributed by atoms with van der Waals surface area (Å²) < 4.78 is 10.1. The number of ether oxygens (including phenoxy) is 2. The zero-order chi connectivity index (χ0) is 12.0. The van der Waals surface area contributed by atoms with E-state index in [9.17, 15) is 4.79 Å². The third-order valence-electron chi connectivity index (χ3n) is 2.96. The second-order valence-electron chi connectivity index (χ2n) is 4.01. The van der Waals surface area contributed by atoms with Crippen LogP contribution in [0.4, 0.5) is 0 Å². The maximum Gasteiger partial charge on any atom is 0.333 e. The summed E-state index contributed by atoms with van der Waals surface area (Å²) in [5.41, 5.74) is 0.670. The first-order valence-electron chi connectivity index (χ1n) is 5.76. The second kappa shape index (κ2) is 6.66. The van der Waals surface area contributed by atoms with Crippen LogP contribution in [-0.2, 0) is 14.3 Å². The lowest BCUT2D eigenvalue weighted by Crippen LogP contribution is -2.45. The molecule has 0 spiro atoms. The molecule has 1 aliphatic rings. The quantitative estimate of drug-likeness (QED) is 0.534. The van der Waals surface area contributed by atoms with E-state index in [0.29, 0.717) is 11.6 Å². The standard InChI is InChI=1S/C12H21NO3/c1-4-11-9-16-8-7-13(11)6-5-10(2)12(14)15-3/h5,11H,4,6-9H2,1-3H3. The first-order chi connectivity index (χ1) is 7.69. The van der Waals surface area contributed by atoms with Gasteiger partial charge in [-0.05, 0) is 13.3 Å². The zero-order valence-corrected chi connectivity index (χ0v) is 10.4. The normalized spacial score (nSPS) is 23.2. The fraction of sp³-hybridized carbons (Fsp3) is 0.750. The largest absolute Gasteiger partial charge is 0.466 e. The number of rotatable bonds is 4. The van der Waals surface area contributed by atoms with Crippen LogP contribution in [0.3, 0.4) is 0 Å². The lowest BCUT2D eigenvalue weighted by atomic mass is 10.1. The van der Waals surface area contributed by atoms with Gasteiger partial charge in [0, 0.05) is 24.7 Å². The number of esters is 1. The maximum absolute atomic E-state index is 11.2. The smallest absolute Gasteiger partial charge is 0.333 e. The number of methoxy groups -OCH3 is 1. The van der Waals surface area contributed by atoms with Gasteiger partial charge in [-0.15, -0.1) is 0 Å². The minimum Gasteiger partial charge on any atom is -0.466 e. The van der Waals surface area contributed by atoms with E-state index in [0.717, 1.165) is 32.7 Å². The van der Waals surface area contributed by atoms with E-state index in [2.05, 4.69) is 16.6 Å². The predicted octanol–water partition coefficient (Wildman–Crippen LogP) is 1.22. The average molecular weight is 227 g/mol. The predicted molar refractivity (Wildman–Crippen MR) is 62.2 cm³/mol. The molecule has 0 saturated carbocycles. The lowest BCUT2D eigenvalue weighted by Gasteiger charge is -2.34. The van der Waals surface area contributed by atoms with Crippen LogP contribution in [0.1, 0.15) is 20.3 Å². The highest BCUT2D eigenvalue weighted by Crippen LogP contribution is 2.10. The molecule has 4 heteroatoms. The third-order valence-corrected chi connectivity index (χ3v) is 2.96. The van der Waals surface area contributed by atoms with Crippen molar-refractivity contribution in [3.63, 3.8) is 0 Å². The van der Waals surface area contributed by atoms with Gasteiger partial charge in [-0.3, -0.25) is 4.90 Å². The first-order valence-corrected chi connectivity index (χ1v) is 5.76. The van der Waals surface area contributed by atoms with E-state index < -0.39 is 0 Å². The highest BCUT2D eigenvalue weighted by Gasteiger charge is 2.20. The molecule has 1 fully saturated rings. The fourth-order valence-electron chi connectivity index (χ4n) is 1.80. The van der Waals surface area contributed by atoms with Crippen LogP contribution >= 0.6 is 0 Å². The Morgan fingerprint density at radius 3 is 3.00 bits per heavy atom. The molecular formula is C12H21NO3. The summed E-state index contributed by atoms with van der Waals surface area (Å²) in [6.45, 7) is 7.24. The Labute approximate surface area is 97.2 Å². The molecule has 0 aromatic carbocycles. The van der Waals surface area contributed by atoms with Gasteiger partial charge < -0.3 is 9.47 Å². The molecule has 1 heterocycles. The summed E-state index contributed by atoms with van der Waals surface area (Å²) >= 11 is 0. The van der Waals surface area contributed by atoms with Crippen molar-refractivity contribution in [2.24, 2.45) is 0 Å². The van der Waals surface area contributed by atoms with Gasteiger partial charge in [-0.2, -0.15) is 0 Å². The molecule has 1 unspecified atom stereocenters. The van der Waals surface area contributed by atoms with Gasteiger partial charge in [0.2, 0.25) is 0 Å². The summed E-state index contributed by atoms with van der Waals surface area (Å²) in [5, 5.41) is 0. The summed E-state index contributed by atoms with van der Waals surface area (Å²) in [5.74, 6) is -0.249. The molecule has 0 bridgehead atoms. The van der Waals surface area contributed by atoms with Crippen molar-refractivity contribution in [2.45, 2.75) is 26.3 Å². The van der Waals surface area contributed by atoms with Gasteiger partial charge in [-0.25, -0.2) is 4.79 Å². The van der Waals surface area contributed by atoms with Gasteiger partial charge in [0.15, 0.2) is 0 Å². The van der Waals surface area contributed by atoms with Crippen molar-refractivity contribution < 1.29 is 14.3 Å². The molecule has 0 amide bonds. The molecule has 0 radical (unpaired) electrons. The Balaban J connectivity index is 2.48. The summed E-state index contributed by atoms with van der Waals surface area (Å²) in [7, 11) is 1.41. The summed E-state index contributed by atoms with van der Waals surface area (Å²) in [6.07, 6.45) is 3.00. The van der Waals surface area contributed by atoms with Crippen molar-refractivity contribution in [3.8, 4) is 0 Å². The second-order valence-corrected chi connectivity index (χ2v) is 4.01. The third kappa shape index (κ3) is 3.61. The molecule has 1 aliphatic heterocycles. The van der Waals surface area contributed by atoms with Crippen molar-refractivity contribution in [2.75, 3.05) is 33.4 Å². The van der Waals surface area contributed by atoms with Crippen molar-refractivity contribution in [1.82, 2.24) is 4.90 Å². The van der Waals surface area contributed by atoms with Crippen LogP contribution in [0.15, 0.2) is 11.6 Å². The molecule has 1 atom stereocenters. The minimum atomic E-state index is -0.249. The van der Waals surface area contributed by atoms with Crippen LogP contribution < -0.4 is 0 Å². The topological polar surface area (TPSA) is 38.8 Å². The molecule has 0 N–H and O–H groups in total. The SMILES string of the molecule is CCC1COCCN1CC=C(C)C(=O)OC. The number of hydrogen-bond donors (Lipinski definition) is 0. The molecular weight excluding hydrogens is 206 g/mol. The molecule has 0 aromatic rings. The van der Waals surface area contributed by atoms with E-state index in [1.165, 1.54) is 7.11 Å². The average Bonchev–Trinajstić information content (AvgIpc) is 2.35. The minimum absolute atomic E-state index is 0.249. The van der Waals surface area contributed by atoms with Gasteiger partial charge in [0.25, 0.3) is 0 Å². The maximum atomic E-state index is 11.2. The van der Waals surface area contributed by atoms with E-state index in [4.69, 9.17) is 4.74 Å². The van der Waals surface area contributed by atoms with Crippen LogP contribution in [0, 0.1) is 0 Å². The number of nitrogens with zero attached hydrogens (tertiary/aromatic N) is 1. The summed E-state index contributed by atoms with van der Waals surface area (Å²) in [6, 6.07) is 0.468. The molecule has 1 saturated heterocycles.